The van der Waals surface area contributed by atoms with Crippen molar-refractivity contribution >= 4 is 22.5 Å². The Bertz CT molecular complexity index is 824. The minimum Gasteiger partial charge on any atom is -0.497 e. The smallest absolute Gasteiger partial charge is 0.255 e. The molecule has 112 valence electrons. The number of methoxy groups -OCH3 is 2. The fourth-order valence-corrected chi connectivity index (χ4v) is 2.29. The summed E-state index contributed by atoms with van der Waals surface area (Å²) in [5, 5.41) is 3.85. The third-order valence-corrected chi connectivity index (χ3v) is 3.47. The van der Waals surface area contributed by atoms with E-state index in [0.29, 0.717) is 22.7 Å². The van der Waals surface area contributed by atoms with Crippen LogP contribution in [0.1, 0.15) is 10.4 Å². The van der Waals surface area contributed by atoms with Crippen LogP contribution in [-0.4, -0.2) is 25.1 Å². The Balaban J connectivity index is 1.87. The summed E-state index contributed by atoms with van der Waals surface area (Å²) in [4.78, 5) is 15.5. The summed E-state index contributed by atoms with van der Waals surface area (Å²) in [6.07, 6.45) is 1.85. The molecule has 3 rings (SSSR count). The Kier molecular flexibility index (Phi) is 3.70. The van der Waals surface area contributed by atoms with E-state index in [9.17, 15) is 4.79 Å². The van der Waals surface area contributed by atoms with E-state index in [4.69, 9.17) is 9.47 Å². The lowest BCUT2D eigenvalue weighted by Crippen LogP contribution is -2.12. The summed E-state index contributed by atoms with van der Waals surface area (Å²) in [7, 11) is 3.13. The average Bonchev–Trinajstić information content (AvgIpc) is 3.02. The summed E-state index contributed by atoms with van der Waals surface area (Å²) in [5.41, 5.74) is 2.19. The van der Waals surface area contributed by atoms with Gasteiger partial charge < -0.3 is 19.8 Å². The van der Waals surface area contributed by atoms with Crippen LogP contribution in [0.3, 0.4) is 0 Å². The van der Waals surface area contributed by atoms with E-state index in [1.165, 1.54) is 0 Å². The summed E-state index contributed by atoms with van der Waals surface area (Å²) in [6, 6.07) is 12.7. The quantitative estimate of drug-likeness (QED) is 0.775. The van der Waals surface area contributed by atoms with E-state index in [1.54, 1.807) is 38.5 Å². The summed E-state index contributed by atoms with van der Waals surface area (Å²) >= 11 is 0. The van der Waals surface area contributed by atoms with E-state index in [2.05, 4.69) is 10.3 Å². The van der Waals surface area contributed by atoms with E-state index in [-0.39, 0.29) is 5.91 Å². The van der Waals surface area contributed by atoms with Gasteiger partial charge in [-0.1, -0.05) is 0 Å². The van der Waals surface area contributed by atoms with Gasteiger partial charge in [0, 0.05) is 28.7 Å². The van der Waals surface area contributed by atoms with Gasteiger partial charge in [-0.05, 0) is 36.4 Å². The monoisotopic (exact) mass is 296 g/mol. The van der Waals surface area contributed by atoms with E-state index in [0.717, 1.165) is 10.9 Å². The maximum absolute atomic E-state index is 12.4. The first kappa shape index (κ1) is 14.0. The highest BCUT2D eigenvalue weighted by molar-refractivity contribution is 6.06. The van der Waals surface area contributed by atoms with Gasteiger partial charge in [0.25, 0.3) is 5.91 Å². The van der Waals surface area contributed by atoms with Gasteiger partial charge >= 0.3 is 0 Å². The van der Waals surface area contributed by atoms with Crippen LogP contribution in [0, 0.1) is 0 Å². The molecule has 0 saturated carbocycles. The van der Waals surface area contributed by atoms with Crippen molar-refractivity contribution in [2.24, 2.45) is 0 Å². The number of benzene rings is 2. The first-order valence-electron chi connectivity index (χ1n) is 6.82. The third kappa shape index (κ3) is 2.61. The molecule has 2 N–H and O–H groups in total. The average molecular weight is 296 g/mol. The van der Waals surface area contributed by atoms with Crippen molar-refractivity contribution in [2.45, 2.75) is 0 Å². The number of fused-ring (bicyclic) bond motifs is 1. The van der Waals surface area contributed by atoms with Crippen LogP contribution in [0.15, 0.2) is 48.7 Å². The first-order valence-corrected chi connectivity index (χ1v) is 6.82. The van der Waals surface area contributed by atoms with E-state index in [1.807, 2.05) is 24.4 Å². The second kappa shape index (κ2) is 5.81. The molecule has 0 saturated heterocycles. The summed E-state index contributed by atoms with van der Waals surface area (Å²) < 4.78 is 10.4. The third-order valence-electron chi connectivity index (χ3n) is 3.47. The van der Waals surface area contributed by atoms with Crippen molar-refractivity contribution < 1.29 is 14.3 Å². The number of hydrogen-bond donors (Lipinski definition) is 2. The fraction of sp³-hybridized carbons (Fsp3) is 0.118. The molecule has 0 aliphatic rings. The van der Waals surface area contributed by atoms with Gasteiger partial charge in [-0.15, -0.1) is 0 Å². The standard InChI is InChI=1S/C17H16N2O3/c1-21-13-4-6-15(16(10-13)22-2)19-17(20)12-3-5-14-11(9-12)7-8-18-14/h3-10,18H,1-2H3,(H,19,20). The van der Waals surface area contributed by atoms with Crippen LogP contribution in [-0.2, 0) is 0 Å². The minimum absolute atomic E-state index is 0.188. The fourth-order valence-electron chi connectivity index (χ4n) is 2.29. The summed E-state index contributed by atoms with van der Waals surface area (Å²) in [6.45, 7) is 0. The topological polar surface area (TPSA) is 63.3 Å². The van der Waals surface area contributed by atoms with Crippen molar-refractivity contribution in [2.75, 3.05) is 19.5 Å². The van der Waals surface area contributed by atoms with Crippen molar-refractivity contribution in [3.05, 3.63) is 54.2 Å². The number of rotatable bonds is 4. The van der Waals surface area contributed by atoms with Crippen LogP contribution >= 0.6 is 0 Å². The first-order chi connectivity index (χ1) is 10.7. The van der Waals surface area contributed by atoms with Crippen LogP contribution < -0.4 is 14.8 Å². The SMILES string of the molecule is COc1ccc(NC(=O)c2ccc3[nH]ccc3c2)c(OC)c1. The van der Waals surface area contributed by atoms with Gasteiger partial charge in [0.2, 0.25) is 0 Å². The van der Waals surface area contributed by atoms with Crippen molar-refractivity contribution in [3.8, 4) is 11.5 Å². The zero-order chi connectivity index (χ0) is 15.5. The van der Waals surface area contributed by atoms with Crippen molar-refractivity contribution in [1.82, 2.24) is 4.98 Å². The minimum atomic E-state index is -0.188. The molecular formula is C17H16N2O3. The molecule has 0 aliphatic carbocycles. The second-order valence-electron chi connectivity index (χ2n) is 4.80. The number of aromatic amines is 1. The molecule has 1 heterocycles. The van der Waals surface area contributed by atoms with Crippen molar-refractivity contribution in [3.63, 3.8) is 0 Å². The second-order valence-corrected chi connectivity index (χ2v) is 4.80. The molecule has 0 aliphatic heterocycles. The number of nitrogens with one attached hydrogen (secondary N) is 2. The molecule has 3 aromatic rings. The molecule has 0 atom stereocenters. The lowest BCUT2D eigenvalue weighted by atomic mass is 10.1. The normalized spacial score (nSPS) is 10.5. The number of carbonyl (C=O) groups excluding carboxylic acids is 1. The molecule has 0 spiro atoms. The number of H-pyrrole nitrogens is 1. The Labute approximate surface area is 127 Å². The van der Waals surface area contributed by atoms with Gasteiger partial charge in [0.05, 0.1) is 19.9 Å². The molecule has 0 radical (unpaired) electrons. The molecule has 22 heavy (non-hydrogen) atoms. The molecule has 2 aromatic carbocycles. The molecule has 5 heteroatoms. The maximum atomic E-state index is 12.4. The highest BCUT2D eigenvalue weighted by Gasteiger charge is 2.11. The van der Waals surface area contributed by atoms with Crippen molar-refractivity contribution in [1.29, 1.82) is 0 Å². The Morgan fingerprint density at radius 3 is 2.68 bits per heavy atom. The highest BCUT2D eigenvalue weighted by atomic mass is 16.5. The van der Waals surface area contributed by atoms with Crippen LogP contribution in [0.25, 0.3) is 10.9 Å². The lowest BCUT2D eigenvalue weighted by molar-refractivity contribution is 0.102. The van der Waals surface area contributed by atoms with Gasteiger partial charge in [0.1, 0.15) is 11.5 Å². The number of aromatic nitrogens is 1. The van der Waals surface area contributed by atoms with Crippen LogP contribution in [0.4, 0.5) is 5.69 Å². The Morgan fingerprint density at radius 1 is 1.05 bits per heavy atom. The molecule has 0 bridgehead atoms. The highest BCUT2D eigenvalue weighted by Crippen LogP contribution is 2.29. The molecule has 1 amide bonds. The zero-order valence-electron chi connectivity index (χ0n) is 12.3. The molecule has 5 nitrogen and oxygen atoms in total. The van der Waals surface area contributed by atoms with Gasteiger partial charge in [0.15, 0.2) is 0 Å². The number of amides is 1. The summed E-state index contributed by atoms with van der Waals surface area (Å²) in [5.74, 6) is 1.03. The predicted molar refractivity (Wildman–Crippen MR) is 85.8 cm³/mol. The predicted octanol–water partition coefficient (Wildman–Crippen LogP) is 3.44. The van der Waals surface area contributed by atoms with Gasteiger partial charge in [-0.25, -0.2) is 0 Å². The molecular weight excluding hydrogens is 280 g/mol. The maximum Gasteiger partial charge on any atom is 0.255 e. The Morgan fingerprint density at radius 2 is 1.91 bits per heavy atom. The zero-order valence-corrected chi connectivity index (χ0v) is 12.3. The Hall–Kier alpha value is -2.95. The van der Waals surface area contributed by atoms with E-state index < -0.39 is 0 Å². The molecule has 1 aromatic heterocycles. The number of carbonyl (C=O) groups is 1. The largest absolute Gasteiger partial charge is 0.497 e. The van der Waals surface area contributed by atoms with Gasteiger partial charge in [-0.3, -0.25) is 4.79 Å². The van der Waals surface area contributed by atoms with Gasteiger partial charge in [-0.2, -0.15) is 0 Å². The lowest BCUT2D eigenvalue weighted by Gasteiger charge is -2.11. The number of hydrogen-bond acceptors (Lipinski definition) is 3. The molecule has 0 unspecified atom stereocenters. The number of anilines is 1. The van der Waals surface area contributed by atoms with Crippen LogP contribution in [0.5, 0.6) is 11.5 Å². The van der Waals surface area contributed by atoms with Crippen LogP contribution in [0.2, 0.25) is 0 Å². The molecule has 0 fully saturated rings. The number of ether oxygens (including phenoxy) is 2. The van der Waals surface area contributed by atoms with E-state index >= 15 is 0 Å².